The van der Waals surface area contributed by atoms with Crippen LogP contribution < -0.4 is 57.1 Å². The Bertz CT molecular complexity index is 1070. The van der Waals surface area contributed by atoms with Crippen molar-refractivity contribution in [3.63, 3.8) is 0 Å². The van der Waals surface area contributed by atoms with Crippen molar-refractivity contribution in [2.45, 2.75) is 54.0 Å². The summed E-state index contributed by atoms with van der Waals surface area (Å²) in [6, 6.07) is 31.1. The summed E-state index contributed by atoms with van der Waals surface area (Å²) < 4.78 is 0. The van der Waals surface area contributed by atoms with E-state index in [2.05, 4.69) is 49.8 Å². The van der Waals surface area contributed by atoms with Crippen molar-refractivity contribution in [3.8, 4) is 0 Å². The van der Waals surface area contributed by atoms with Crippen molar-refractivity contribution in [2.24, 2.45) is 5.73 Å². The van der Waals surface area contributed by atoms with Crippen LogP contribution in [0.2, 0.25) is 0 Å². The summed E-state index contributed by atoms with van der Waals surface area (Å²) in [7, 11) is 0. The van der Waals surface area contributed by atoms with Gasteiger partial charge in [-0.3, -0.25) is 14.8 Å². The molecule has 5 heteroatoms. The molecule has 2 heterocycles. The summed E-state index contributed by atoms with van der Waals surface area (Å²) in [6.45, 7) is 8.38. The molecule has 1 unspecified atom stereocenters. The molecule has 0 saturated carbocycles. The maximum absolute atomic E-state index is 10.0. The number of hydrogen-bond acceptors (Lipinski definition) is 4. The first-order chi connectivity index (χ1) is 16.4. The molecule has 4 rings (SSSR count). The molecule has 192 valence electrons. The summed E-state index contributed by atoms with van der Waals surface area (Å²) >= 11 is 0. The zero-order valence-electron chi connectivity index (χ0n) is 21.4. The molecule has 37 heavy (non-hydrogen) atoms. The first-order valence-electron chi connectivity index (χ1n) is 11.3. The number of benzene rings is 2. The van der Waals surface area contributed by atoms with Crippen LogP contribution in [0, 0.1) is 5.92 Å². The molecule has 0 aliphatic heterocycles. The molecular formula is C32H42KN3O. The van der Waals surface area contributed by atoms with Gasteiger partial charge < -0.3 is 5.73 Å². The number of aldehydes is 1. The van der Waals surface area contributed by atoms with Crippen LogP contribution in [0.1, 0.15) is 75.9 Å². The Kier molecular flexibility index (Phi) is 19.9. The maximum atomic E-state index is 10.0. The van der Waals surface area contributed by atoms with Crippen molar-refractivity contribution in [1.29, 1.82) is 0 Å². The normalized spacial score (nSPS) is 10.2. The van der Waals surface area contributed by atoms with Crippen LogP contribution in [0.15, 0.2) is 109 Å². The number of hydrogen-bond donors (Lipinski definition) is 1. The quantitative estimate of drug-likeness (QED) is 0.230. The van der Waals surface area contributed by atoms with Crippen molar-refractivity contribution in [1.82, 2.24) is 9.97 Å². The molecule has 2 aromatic carbocycles. The monoisotopic (exact) mass is 523 g/mol. The maximum Gasteiger partial charge on any atom is 1.00 e. The Balaban J connectivity index is 0. The number of carbonyl (C=O) groups is 1. The molecular weight excluding hydrogens is 481 g/mol. The third kappa shape index (κ3) is 12.8. The van der Waals surface area contributed by atoms with Gasteiger partial charge in [-0.2, -0.15) is 12.0 Å². The van der Waals surface area contributed by atoms with Gasteiger partial charge in [0.2, 0.25) is 0 Å². The summed E-state index contributed by atoms with van der Waals surface area (Å²) in [4.78, 5) is 18.6. The van der Waals surface area contributed by atoms with Gasteiger partial charge in [-0.25, -0.2) is 0 Å². The smallest absolute Gasteiger partial charge is 0.323 e. The van der Waals surface area contributed by atoms with Gasteiger partial charge in [0, 0.05) is 35.1 Å². The van der Waals surface area contributed by atoms with E-state index in [1.54, 1.807) is 12.1 Å². The standard InChI is InChI=1S/C15H18N2.C8H10N.C7H6O.2CH4.K/c1-15(2,13-10-6-7-11-17-13)14(16)12-8-4-3-5-9-12;1-7(2)8-5-3-4-6-9-8;8-6-7-4-2-1-3-5-7;;;/h3-11,14H,16H2,1-2H3;3-6H,1-2H3;1-6H;2*1H4;/q;-1;;;;+1. The molecule has 4 aromatic rings. The van der Waals surface area contributed by atoms with Gasteiger partial charge >= 0.3 is 51.4 Å². The molecule has 0 aliphatic rings. The molecule has 2 aromatic heterocycles. The predicted molar refractivity (Wildman–Crippen MR) is 154 cm³/mol. The Labute approximate surface area is 267 Å². The fraction of sp³-hybridized carbons (Fsp3) is 0.250. The average molecular weight is 524 g/mol. The van der Waals surface area contributed by atoms with Crippen molar-refractivity contribution in [3.05, 3.63) is 138 Å². The number of carbonyl (C=O) groups excluding carboxylic acids is 1. The van der Waals surface area contributed by atoms with Crippen molar-refractivity contribution < 1.29 is 56.2 Å². The number of nitrogens with zero attached hydrogens (tertiary/aromatic N) is 2. The Morgan fingerprint density at radius 3 is 1.62 bits per heavy atom. The molecule has 0 aliphatic carbocycles. The molecule has 0 saturated heterocycles. The van der Waals surface area contributed by atoms with Crippen LogP contribution in [-0.2, 0) is 5.41 Å². The fourth-order valence-corrected chi connectivity index (χ4v) is 3.17. The van der Waals surface area contributed by atoms with E-state index in [4.69, 9.17) is 5.73 Å². The molecule has 0 amide bonds. The molecule has 1 atom stereocenters. The summed E-state index contributed by atoms with van der Waals surface area (Å²) in [6.07, 6.45) is 4.46. The van der Waals surface area contributed by atoms with E-state index in [0.29, 0.717) is 0 Å². The average Bonchev–Trinajstić information content (AvgIpc) is 2.91. The summed E-state index contributed by atoms with van der Waals surface area (Å²) in [5, 5.41) is 0. The second-order valence-electron chi connectivity index (χ2n) is 8.57. The second-order valence-corrected chi connectivity index (χ2v) is 8.57. The Morgan fingerprint density at radius 2 is 1.24 bits per heavy atom. The van der Waals surface area contributed by atoms with Gasteiger partial charge in [-0.15, -0.1) is 19.9 Å². The van der Waals surface area contributed by atoms with Crippen LogP contribution in [0.25, 0.3) is 0 Å². The van der Waals surface area contributed by atoms with Crippen LogP contribution in [-0.4, -0.2) is 16.3 Å². The zero-order valence-corrected chi connectivity index (χ0v) is 24.6. The van der Waals surface area contributed by atoms with Crippen molar-refractivity contribution >= 4 is 6.29 Å². The van der Waals surface area contributed by atoms with Gasteiger partial charge in [-0.05, 0) is 17.7 Å². The first-order valence-corrected chi connectivity index (χ1v) is 11.3. The molecule has 0 fully saturated rings. The number of nitrogens with two attached hydrogens (primary N) is 1. The molecule has 0 radical (unpaired) electrons. The fourth-order valence-electron chi connectivity index (χ4n) is 3.17. The Morgan fingerprint density at radius 1 is 0.757 bits per heavy atom. The predicted octanol–water partition coefficient (Wildman–Crippen LogP) is 4.88. The van der Waals surface area contributed by atoms with Crippen LogP contribution in [0.5, 0.6) is 0 Å². The molecule has 0 spiro atoms. The van der Waals surface area contributed by atoms with Crippen LogP contribution >= 0.6 is 0 Å². The molecule has 2 N–H and O–H groups in total. The third-order valence-electron chi connectivity index (χ3n) is 5.37. The number of rotatable bonds is 5. The molecule has 0 bridgehead atoms. The van der Waals surface area contributed by atoms with Gasteiger partial charge in [0.05, 0.1) is 0 Å². The van der Waals surface area contributed by atoms with E-state index in [-0.39, 0.29) is 77.7 Å². The number of pyridine rings is 2. The minimum absolute atomic E-state index is 0. The van der Waals surface area contributed by atoms with E-state index in [9.17, 15) is 4.79 Å². The topological polar surface area (TPSA) is 68.9 Å². The van der Waals surface area contributed by atoms with Gasteiger partial charge in [-0.1, -0.05) is 107 Å². The van der Waals surface area contributed by atoms with E-state index in [0.717, 1.165) is 28.8 Å². The Hall–Kier alpha value is -2.12. The van der Waals surface area contributed by atoms with E-state index < -0.39 is 0 Å². The third-order valence-corrected chi connectivity index (χ3v) is 5.37. The largest absolute Gasteiger partial charge is 1.00 e. The zero-order chi connectivity index (χ0) is 24.8. The SMILES string of the molecule is C.C.CC(C)(c1ccccn1)C(N)c1ccccc1.C[C-](C)c1ccccn1.O=Cc1ccccc1.[K+]. The van der Waals surface area contributed by atoms with E-state index in [1.807, 2.05) is 85.2 Å². The first kappa shape index (κ1) is 37.0. The van der Waals surface area contributed by atoms with E-state index in [1.165, 1.54) is 5.92 Å². The molecule has 4 nitrogen and oxygen atoms in total. The van der Waals surface area contributed by atoms with Crippen LogP contribution in [0.4, 0.5) is 0 Å². The number of aromatic nitrogens is 2. The van der Waals surface area contributed by atoms with Gasteiger partial charge in [0.1, 0.15) is 6.29 Å². The van der Waals surface area contributed by atoms with Gasteiger partial charge in [0.25, 0.3) is 0 Å². The van der Waals surface area contributed by atoms with Crippen LogP contribution in [0.3, 0.4) is 0 Å². The minimum atomic E-state index is -0.178. The van der Waals surface area contributed by atoms with Crippen molar-refractivity contribution in [2.75, 3.05) is 0 Å². The summed E-state index contributed by atoms with van der Waals surface area (Å²) in [5.74, 6) is 1.26. The summed E-state index contributed by atoms with van der Waals surface area (Å²) in [5.41, 5.74) is 10.2. The minimum Gasteiger partial charge on any atom is -0.323 e. The van der Waals surface area contributed by atoms with Gasteiger partial charge in [0.15, 0.2) is 0 Å². The van der Waals surface area contributed by atoms with E-state index >= 15 is 0 Å². The second kappa shape index (κ2) is 19.9.